The minimum Gasteiger partial charge on any atom is -0.369 e. The third-order valence-electron chi connectivity index (χ3n) is 7.38. The second-order valence-corrected chi connectivity index (χ2v) is 9.62. The van der Waals surface area contributed by atoms with E-state index in [0.29, 0.717) is 18.7 Å². The number of ether oxygens (including phenoxy) is 1. The zero-order chi connectivity index (χ0) is 24.4. The average Bonchev–Trinajstić information content (AvgIpc) is 3.48. The quantitative estimate of drug-likeness (QED) is 0.567. The van der Waals surface area contributed by atoms with E-state index in [1.807, 2.05) is 59.5 Å². The number of hydrazine groups is 1. The number of anilines is 1. The predicted molar refractivity (Wildman–Crippen MR) is 134 cm³/mol. The van der Waals surface area contributed by atoms with Crippen molar-refractivity contribution in [2.75, 3.05) is 58.3 Å². The van der Waals surface area contributed by atoms with Gasteiger partial charge in [-0.25, -0.2) is 5.43 Å². The van der Waals surface area contributed by atoms with Gasteiger partial charge in [0.05, 0.1) is 6.17 Å². The zero-order valence-electron chi connectivity index (χ0n) is 20.3. The number of methoxy groups -OCH3 is 1. The Bertz CT molecular complexity index is 1030. The normalized spacial score (nSPS) is 25.4. The van der Waals surface area contributed by atoms with Gasteiger partial charge in [-0.3, -0.25) is 15.0 Å². The first kappa shape index (κ1) is 23.7. The third-order valence-corrected chi connectivity index (χ3v) is 7.38. The highest BCUT2D eigenvalue weighted by Gasteiger charge is 2.46. The van der Waals surface area contributed by atoms with Crippen LogP contribution >= 0.6 is 0 Å². The van der Waals surface area contributed by atoms with Gasteiger partial charge in [0.15, 0.2) is 6.10 Å². The standard InChI is InChI=1S/C26H34N6O3/c1-30-12-14-31(15-13-30)20-10-8-19(9-11-20)25(33)27-24-21-16-32(17-22(21)28-29-24)26(34)23(35-2)18-6-4-3-5-7-18/h3-11,21-24,28-29H,12-17H2,1-2H3,(H,27,33). The maximum Gasteiger partial charge on any atom is 0.256 e. The van der Waals surface area contributed by atoms with Gasteiger partial charge in [-0.1, -0.05) is 30.3 Å². The molecule has 0 spiro atoms. The fourth-order valence-corrected chi connectivity index (χ4v) is 5.23. The Balaban J connectivity index is 1.18. The number of fused-ring (bicyclic) bond motifs is 1. The van der Waals surface area contributed by atoms with Crippen LogP contribution in [0.25, 0.3) is 0 Å². The first-order valence-corrected chi connectivity index (χ1v) is 12.3. The first-order valence-electron chi connectivity index (χ1n) is 12.3. The average molecular weight is 479 g/mol. The lowest BCUT2D eigenvalue weighted by Crippen LogP contribution is -2.49. The molecule has 0 saturated carbocycles. The Kier molecular flexibility index (Phi) is 7.01. The molecule has 4 unspecified atom stereocenters. The van der Waals surface area contributed by atoms with E-state index in [9.17, 15) is 9.59 Å². The molecule has 2 amide bonds. The zero-order valence-corrected chi connectivity index (χ0v) is 20.3. The second kappa shape index (κ2) is 10.3. The molecule has 9 heteroatoms. The number of nitrogens with one attached hydrogen (secondary N) is 3. The molecule has 0 radical (unpaired) electrons. The van der Waals surface area contributed by atoms with E-state index in [2.05, 4.69) is 33.0 Å². The number of amides is 2. The SMILES string of the molecule is COC(C(=O)N1CC2NNC(NC(=O)c3ccc(N4CCN(C)CC4)cc3)C2C1)c1ccccc1. The Labute approximate surface area is 206 Å². The summed E-state index contributed by atoms with van der Waals surface area (Å²) in [4.78, 5) is 32.7. The van der Waals surface area contributed by atoms with Crippen LogP contribution in [-0.2, 0) is 9.53 Å². The van der Waals surface area contributed by atoms with Crippen LogP contribution in [0, 0.1) is 5.92 Å². The minimum absolute atomic E-state index is 0.0560. The molecule has 2 aromatic rings. The van der Waals surface area contributed by atoms with Gasteiger partial charge in [-0.15, -0.1) is 0 Å². The fourth-order valence-electron chi connectivity index (χ4n) is 5.23. The second-order valence-electron chi connectivity index (χ2n) is 9.62. The van der Waals surface area contributed by atoms with Gasteiger partial charge in [0.25, 0.3) is 11.8 Å². The number of piperazine rings is 1. The highest BCUT2D eigenvalue weighted by atomic mass is 16.5. The van der Waals surface area contributed by atoms with E-state index >= 15 is 0 Å². The van der Waals surface area contributed by atoms with Gasteiger partial charge in [0, 0.05) is 69.6 Å². The Morgan fingerprint density at radius 3 is 2.37 bits per heavy atom. The van der Waals surface area contributed by atoms with Crippen LogP contribution in [0.4, 0.5) is 5.69 Å². The first-order chi connectivity index (χ1) is 17.0. The lowest BCUT2D eigenvalue weighted by Gasteiger charge is -2.34. The molecule has 0 aliphatic carbocycles. The van der Waals surface area contributed by atoms with Crippen LogP contribution in [0.15, 0.2) is 54.6 Å². The van der Waals surface area contributed by atoms with E-state index in [1.54, 1.807) is 7.11 Å². The summed E-state index contributed by atoms with van der Waals surface area (Å²) in [7, 11) is 3.70. The van der Waals surface area contributed by atoms with Gasteiger partial charge in [0.2, 0.25) is 0 Å². The Morgan fingerprint density at radius 1 is 0.971 bits per heavy atom. The summed E-state index contributed by atoms with van der Waals surface area (Å²) >= 11 is 0. The van der Waals surface area contributed by atoms with Crippen LogP contribution in [-0.4, -0.2) is 87.2 Å². The molecule has 35 heavy (non-hydrogen) atoms. The largest absolute Gasteiger partial charge is 0.369 e. The number of carbonyl (C=O) groups is 2. The lowest BCUT2D eigenvalue weighted by atomic mass is 10.0. The Hall–Kier alpha value is -2.98. The summed E-state index contributed by atoms with van der Waals surface area (Å²) in [6, 6.07) is 17.4. The molecule has 4 atom stereocenters. The summed E-state index contributed by atoms with van der Waals surface area (Å²) < 4.78 is 5.54. The fraction of sp³-hybridized carbons (Fsp3) is 0.462. The van der Waals surface area contributed by atoms with Crippen LogP contribution in [0.1, 0.15) is 22.0 Å². The third kappa shape index (κ3) is 5.04. The van der Waals surface area contributed by atoms with Crippen molar-refractivity contribution in [2.45, 2.75) is 18.3 Å². The molecule has 0 aromatic heterocycles. The summed E-state index contributed by atoms with van der Waals surface area (Å²) in [6.45, 7) is 5.18. The van der Waals surface area contributed by atoms with E-state index in [-0.39, 0.29) is 29.9 Å². The number of rotatable bonds is 6. The molecule has 3 fully saturated rings. The van der Waals surface area contributed by atoms with Crippen LogP contribution in [0.5, 0.6) is 0 Å². The van der Waals surface area contributed by atoms with Gasteiger partial charge < -0.3 is 24.8 Å². The summed E-state index contributed by atoms with van der Waals surface area (Å²) in [6.07, 6.45) is -0.893. The van der Waals surface area contributed by atoms with Crippen molar-refractivity contribution in [1.82, 2.24) is 26.0 Å². The molecule has 3 heterocycles. The molecule has 2 aromatic carbocycles. The Morgan fingerprint density at radius 2 is 1.69 bits per heavy atom. The van der Waals surface area contributed by atoms with Gasteiger partial charge >= 0.3 is 0 Å². The number of carbonyl (C=O) groups excluding carboxylic acids is 2. The summed E-state index contributed by atoms with van der Waals surface area (Å²) in [5, 5.41) is 3.10. The molecular formula is C26H34N6O3. The molecule has 3 N–H and O–H groups in total. The molecule has 9 nitrogen and oxygen atoms in total. The van der Waals surface area contributed by atoms with Crippen LogP contribution in [0.3, 0.4) is 0 Å². The van der Waals surface area contributed by atoms with Crippen molar-refractivity contribution < 1.29 is 14.3 Å². The van der Waals surface area contributed by atoms with Gasteiger partial charge in [-0.05, 0) is 36.9 Å². The number of hydrogen-bond donors (Lipinski definition) is 3. The maximum absolute atomic E-state index is 13.2. The van der Waals surface area contributed by atoms with E-state index in [4.69, 9.17) is 4.74 Å². The van der Waals surface area contributed by atoms with Crippen molar-refractivity contribution in [3.8, 4) is 0 Å². The highest BCUT2D eigenvalue weighted by Crippen LogP contribution is 2.28. The van der Waals surface area contributed by atoms with Gasteiger partial charge in [0.1, 0.15) is 0 Å². The number of benzene rings is 2. The van der Waals surface area contributed by atoms with Crippen molar-refractivity contribution in [3.63, 3.8) is 0 Å². The molecule has 0 bridgehead atoms. The molecule has 3 aliphatic rings. The number of likely N-dealkylation sites (tertiary alicyclic amines) is 1. The molecule has 3 saturated heterocycles. The monoisotopic (exact) mass is 478 g/mol. The summed E-state index contributed by atoms with van der Waals surface area (Å²) in [5.41, 5.74) is 9.06. The smallest absolute Gasteiger partial charge is 0.256 e. The molecular weight excluding hydrogens is 444 g/mol. The minimum atomic E-state index is -0.630. The van der Waals surface area contributed by atoms with E-state index < -0.39 is 6.10 Å². The number of likely N-dealkylation sites (N-methyl/N-ethyl adjacent to an activating group) is 1. The van der Waals surface area contributed by atoms with E-state index in [0.717, 1.165) is 37.4 Å². The maximum atomic E-state index is 13.2. The van der Waals surface area contributed by atoms with Gasteiger partial charge in [-0.2, -0.15) is 0 Å². The summed E-state index contributed by atoms with van der Waals surface area (Å²) in [5.74, 6) is -0.112. The molecule has 3 aliphatic heterocycles. The molecule has 186 valence electrons. The topological polar surface area (TPSA) is 89.2 Å². The van der Waals surface area contributed by atoms with Crippen molar-refractivity contribution >= 4 is 17.5 Å². The van der Waals surface area contributed by atoms with Crippen LogP contribution < -0.4 is 21.1 Å². The number of nitrogens with zero attached hydrogens (tertiary/aromatic N) is 3. The van der Waals surface area contributed by atoms with Crippen molar-refractivity contribution in [2.24, 2.45) is 5.92 Å². The van der Waals surface area contributed by atoms with E-state index in [1.165, 1.54) is 0 Å². The van der Waals surface area contributed by atoms with Crippen molar-refractivity contribution in [1.29, 1.82) is 0 Å². The highest BCUT2D eigenvalue weighted by molar-refractivity contribution is 5.94. The molecule has 5 rings (SSSR count). The van der Waals surface area contributed by atoms with Crippen LogP contribution in [0.2, 0.25) is 0 Å². The number of hydrogen-bond acceptors (Lipinski definition) is 7. The lowest BCUT2D eigenvalue weighted by molar-refractivity contribution is -0.141. The van der Waals surface area contributed by atoms with Crippen molar-refractivity contribution in [3.05, 3.63) is 65.7 Å². The predicted octanol–water partition coefficient (Wildman–Crippen LogP) is 0.817.